The molecule has 0 unspecified atom stereocenters. The third-order valence-corrected chi connectivity index (χ3v) is 2.85. The summed E-state index contributed by atoms with van der Waals surface area (Å²) in [4.78, 5) is 13.2. The highest BCUT2D eigenvalue weighted by molar-refractivity contribution is 9.10. The summed E-state index contributed by atoms with van der Waals surface area (Å²) in [6, 6.07) is 5.21. The first-order chi connectivity index (χ1) is 7.60. The van der Waals surface area contributed by atoms with Crippen LogP contribution in [0.1, 0.15) is 10.4 Å². The SMILES string of the molecule is COC(=O)c1ccc(N(C)CCO)c(Br)c1. The second-order valence-corrected chi connectivity index (χ2v) is 4.16. The first kappa shape index (κ1) is 13.0. The van der Waals surface area contributed by atoms with Gasteiger partial charge in [0.05, 0.1) is 25.0 Å². The number of esters is 1. The van der Waals surface area contributed by atoms with Crippen molar-refractivity contribution in [2.45, 2.75) is 0 Å². The summed E-state index contributed by atoms with van der Waals surface area (Å²) in [6.45, 7) is 0.623. The van der Waals surface area contributed by atoms with E-state index in [0.717, 1.165) is 10.2 Å². The first-order valence-electron chi connectivity index (χ1n) is 4.80. The van der Waals surface area contributed by atoms with Crippen molar-refractivity contribution in [1.82, 2.24) is 0 Å². The van der Waals surface area contributed by atoms with Gasteiger partial charge in [0.25, 0.3) is 0 Å². The molecule has 0 saturated carbocycles. The molecule has 0 saturated heterocycles. The zero-order chi connectivity index (χ0) is 12.1. The normalized spacial score (nSPS) is 10.0. The number of anilines is 1. The number of likely N-dealkylation sites (N-methyl/N-ethyl adjacent to an activating group) is 1. The molecular weight excluding hydrogens is 274 g/mol. The molecule has 0 amide bonds. The number of ether oxygens (including phenoxy) is 1. The van der Waals surface area contributed by atoms with Gasteiger partial charge >= 0.3 is 5.97 Å². The Balaban J connectivity index is 2.95. The van der Waals surface area contributed by atoms with Gasteiger partial charge in [-0.05, 0) is 34.1 Å². The second-order valence-electron chi connectivity index (χ2n) is 3.30. The van der Waals surface area contributed by atoms with Crippen LogP contribution < -0.4 is 4.90 Å². The molecule has 4 nitrogen and oxygen atoms in total. The second kappa shape index (κ2) is 5.86. The number of aliphatic hydroxyl groups is 1. The zero-order valence-electron chi connectivity index (χ0n) is 9.24. The Morgan fingerprint density at radius 3 is 2.75 bits per heavy atom. The fourth-order valence-electron chi connectivity index (χ4n) is 1.33. The molecule has 0 atom stereocenters. The van der Waals surface area contributed by atoms with E-state index in [1.54, 1.807) is 12.1 Å². The van der Waals surface area contributed by atoms with Crippen molar-refractivity contribution in [3.05, 3.63) is 28.2 Å². The third kappa shape index (κ3) is 2.96. The third-order valence-electron chi connectivity index (χ3n) is 2.22. The minimum Gasteiger partial charge on any atom is -0.465 e. The van der Waals surface area contributed by atoms with Crippen molar-refractivity contribution in [2.75, 3.05) is 32.2 Å². The van der Waals surface area contributed by atoms with Crippen LogP contribution in [0, 0.1) is 0 Å². The number of rotatable bonds is 4. The molecular formula is C11H14BrNO3. The molecule has 0 aliphatic carbocycles. The Labute approximate surface area is 103 Å². The monoisotopic (exact) mass is 287 g/mol. The Bertz CT molecular complexity index is 381. The lowest BCUT2D eigenvalue weighted by Gasteiger charge is -2.19. The summed E-state index contributed by atoms with van der Waals surface area (Å²) in [5.74, 6) is -0.364. The van der Waals surface area contributed by atoms with Gasteiger partial charge in [0, 0.05) is 18.1 Å². The van der Waals surface area contributed by atoms with Crippen molar-refractivity contribution in [3.8, 4) is 0 Å². The van der Waals surface area contributed by atoms with Gasteiger partial charge < -0.3 is 14.7 Å². The van der Waals surface area contributed by atoms with Crippen LogP contribution in [-0.2, 0) is 4.74 Å². The molecule has 0 bridgehead atoms. The van der Waals surface area contributed by atoms with E-state index < -0.39 is 0 Å². The molecule has 0 aliphatic rings. The van der Waals surface area contributed by atoms with E-state index >= 15 is 0 Å². The van der Waals surface area contributed by atoms with Crippen molar-refractivity contribution in [3.63, 3.8) is 0 Å². The molecule has 0 fully saturated rings. The van der Waals surface area contributed by atoms with Gasteiger partial charge in [-0.1, -0.05) is 0 Å². The van der Waals surface area contributed by atoms with Crippen LogP contribution in [0.15, 0.2) is 22.7 Å². The van der Waals surface area contributed by atoms with E-state index in [9.17, 15) is 4.79 Å². The Hall–Kier alpha value is -1.07. The first-order valence-corrected chi connectivity index (χ1v) is 5.59. The van der Waals surface area contributed by atoms with E-state index in [1.165, 1.54) is 7.11 Å². The number of nitrogens with zero attached hydrogens (tertiary/aromatic N) is 1. The molecule has 1 rings (SSSR count). The number of carbonyl (C=O) groups is 1. The number of carbonyl (C=O) groups excluding carboxylic acids is 1. The van der Waals surface area contributed by atoms with Gasteiger partial charge in [0.1, 0.15) is 0 Å². The quantitative estimate of drug-likeness (QED) is 0.856. The highest BCUT2D eigenvalue weighted by Crippen LogP contribution is 2.26. The van der Waals surface area contributed by atoms with Gasteiger partial charge in [-0.15, -0.1) is 0 Å². The Morgan fingerprint density at radius 2 is 2.25 bits per heavy atom. The standard InChI is InChI=1S/C11H14BrNO3/c1-13(5-6-14)10-4-3-8(7-9(10)12)11(15)16-2/h3-4,7,14H,5-6H2,1-2H3. The van der Waals surface area contributed by atoms with Gasteiger partial charge in [0.2, 0.25) is 0 Å². The van der Waals surface area contributed by atoms with Crippen LogP contribution in [0.4, 0.5) is 5.69 Å². The molecule has 16 heavy (non-hydrogen) atoms. The number of methoxy groups -OCH3 is 1. The lowest BCUT2D eigenvalue weighted by molar-refractivity contribution is 0.0600. The summed E-state index contributed by atoms with van der Waals surface area (Å²) in [5, 5.41) is 8.84. The van der Waals surface area contributed by atoms with Crippen LogP contribution >= 0.6 is 15.9 Å². The fourth-order valence-corrected chi connectivity index (χ4v) is 2.01. The maximum Gasteiger partial charge on any atom is 0.337 e. The van der Waals surface area contributed by atoms with Crippen LogP contribution in [0.3, 0.4) is 0 Å². The maximum atomic E-state index is 11.3. The number of benzene rings is 1. The molecule has 1 N–H and O–H groups in total. The molecule has 1 aromatic rings. The summed E-state index contributed by atoms with van der Waals surface area (Å²) < 4.78 is 5.42. The lowest BCUT2D eigenvalue weighted by atomic mass is 10.2. The summed E-state index contributed by atoms with van der Waals surface area (Å²) >= 11 is 3.38. The van der Waals surface area contributed by atoms with Crippen molar-refractivity contribution < 1.29 is 14.6 Å². The van der Waals surface area contributed by atoms with Gasteiger partial charge in [-0.25, -0.2) is 4.79 Å². The molecule has 1 aromatic carbocycles. The average Bonchev–Trinajstić information content (AvgIpc) is 2.28. The number of halogens is 1. The molecule has 5 heteroatoms. The molecule has 0 spiro atoms. The molecule has 0 aliphatic heterocycles. The number of aliphatic hydroxyl groups excluding tert-OH is 1. The minimum atomic E-state index is -0.364. The van der Waals surface area contributed by atoms with E-state index in [-0.39, 0.29) is 12.6 Å². The zero-order valence-corrected chi connectivity index (χ0v) is 10.8. The van der Waals surface area contributed by atoms with E-state index in [2.05, 4.69) is 20.7 Å². The predicted molar refractivity (Wildman–Crippen MR) is 65.8 cm³/mol. The summed E-state index contributed by atoms with van der Waals surface area (Å²) in [7, 11) is 3.22. The summed E-state index contributed by atoms with van der Waals surface area (Å²) in [6.07, 6.45) is 0. The van der Waals surface area contributed by atoms with Crippen molar-refractivity contribution >= 4 is 27.6 Å². The van der Waals surface area contributed by atoms with Gasteiger partial charge in [-0.2, -0.15) is 0 Å². The van der Waals surface area contributed by atoms with Gasteiger partial charge in [0.15, 0.2) is 0 Å². The van der Waals surface area contributed by atoms with E-state index in [4.69, 9.17) is 5.11 Å². The Kier molecular flexibility index (Phi) is 4.76. The van der Waals surface area contributed by atoms with Crippen LogP contribution in [-0.4, -0.2) is 38.4 Å². The van der Waals surface area contributed by atoms with Crippen molar-refractivity contribution in [1.29, 1.82) is 0 Å². The molecule has 0 radical (unpaired) electrons. The number of hydrogen-bond donors (Lipinski definition) is 1. The van der Waals surface area contributed by atoms with Gasteiger partial charge in [-0.3, -0.25) is 0 Å². The smallest absolute Gasteiger partial charge is 0.337 e. The van der Waals surface area contributed by atoms with E-state index in [0.29, 0.717) is 12.1 Å². The molecule has 0 heterocycles. The fraction of sp³-hybridized carbons (Fsp3) is 0.364. The minimum absolute atomic E-state index is 0.0850. The number of hydrogen-bond acceptors (Lipinski definition) is 4. The predicted octanol–water partition coefficient (Wildman–Crippen LogP) is 1.66. The lowest BCUT2D eigenvalue weighted by Crippen LogP contribution is -2.21. The Morgan fingerprint density at radius 1 is 1.56 bits per heavy atom. The largest absolute Gasteiger partial charge is 0.465 e. The van der Waals surface area contributed by atoms with Crippen molar-refractivity contribution in [2.24, 2.45) is 0 Å². The molecule has 0 aromatic heterocycles. The van der Waals surface area contributed by atoms with Crippen LogP contribution in [0.5, 0.6) is 0 Å². The van der Waals surface area contributed by atoms with Crippen LogP contribution in [0.2, 0.25) is 0 Å². The maximum absolute atomic E-state index is 11.3. The topological polar surface area (TPSA) is 49.8 Å². The molecule has 88 valence electrons. The van der Waals surface area contributed by atoms with Crippen LogP contribution in [0.25, 0.3) is 0 Å². The summed E-state index contributed by atoms with van der Waals surface area (Å²) in [5.41, 5.74) is 1.41. The van der Waals surface area contributed by atoms with E-state index in [1.807, 2.05) is 18.0 Å². The highest BCUT2D eigenvalue weighted by Gasteiger charge is 2.10. The highest BCUT2D eigenvalue weighted by atomic mass is 79.9. The average molecular weight is 288 g/mol.